The number of amides is 2. The van der Waals surface area contributed by atoms with Gasteiger partial charge >= 0.3 is 0 Å². The number of thioether (sulfide) groups is 1. The van der Waals surface area contributed by atoms with Gasteiger partial charge in [-0.15, -0.1) is 5.10 Å². The van der Waals surface area contributed by atoms with E-state index in [1.54, 1.807) is 0 Å². The first-order chi connectivity index (χ1) is 12.6. The molecule has 6 nitrogen and oxygen atoms in total. The van der Waals surface area contributed by atoms with Crippen LogP contribution in [0.1, 0.15) is 6.42 Å². The zero-order chi connectivity index (χ0) is 18.1. The fraction of sp³-hybridized carbons (Fsp3) is 0.111. The maximum Gasteiger partial charge on any atom is 0.247 e. The van der Waals surface area contributed by atoms with E-state index in [1.165, 1.54) is 24.3 Å². The number of H-pyrrole nitrogens is 1. The Morgan fingerprint density at radius 2 is 1.92 bits per heavy atom. The first-order valence-corrected chi connectivity index (χ1v) is 8.76. The minimum Gasteiger partial charge on any atom is -0.274 e. The Morgan fingerprint density at radius 3 is 2.69 bits per heavy atom. The van der Waals surface area contributed by atoms with Crippen molar-refractivity contribution in [3.05, 3.63) is 60.4 Å². The Balaban J connectivity index is 1.52. The van der Waals surface area contributed by atoms with E-state index in [0.717, 1.165) is 22.2 Å². The lowest BCUT2D eigenvalue weighted by atomic mass is 10.2. The lowest BCUT2D eigenvalue weighted by Crippen LogP contribution is -2.31. The zero-order valence-electron chi connectivity index (χ0n) is 13.4. The predicted molar refractivity (Wildman–Crippen MR) is 95.0 cm³/mol. The van der Waals surface area contributed by atoms with Crippen molar-refractivity contribution in [2.75, 3.05) is 4.90 Å². The molecule has 2 amide bonds. The lowest BCUT2D eigenvalue weighted by Gasteiger charge is -2.14. The molecule has 1 aliphatic heterocycles. The van der Waals surface area contributed by atoms with E-state index in [4.69, 9.17) is 0 Å². The molecule has 0 bridgehead atoms. The molecule has 3 aromatic rings. The highest BCUT2D eigenvalue weighted by molar-refractivity contribution is 8.00. The number of nitrogens with one attached hydrogen (secondary N) is 1. The average Bonchev–Trinajstić information content (AvgIpc) is 3.21. The summed E-state index contributed by atoms with van der Waals surface area (Å²) in [6.07, 6.45) is 0.0230. The van der Waals surface area contributed by atoms with Gasteiger partial charge in [-0.2, -0.15) is 0 Å². The molecule has 1 atom stereocenters. The Morgan fingerprint density at radius 1 is 1.12 bits per heavy atom. The highest BCUT2D eigenvalue weighted by Gasteiger charge is 2.41. The summed E-state index contributed by atoms with van der Waals surface area (Å²) in [4.78, 5) is 30.2. The normalized spacial score (nSPS) is 17.1. The van der Waals surface area contributed by atoms with Gasteiger partial charge in [0, 0.05) is 12.0 Å². The van der Waals surface area contributed by atoms with Crippen LogP contribution < -0.4 is 4.90 Å². The summed E-state index contributed by atoms with van der Waals surface area (Å²) in [7, 11) is 0. The van der Waals surface area contributed by atoms with Gasteiger partial charge in [0.15, 0.2) is 5.82 Å². The fourth-order valence-corrected chi connectivity index (χ4v) is 3.66. The second-order valence-corrected chi connectivity index (χ2v) is 6.86. The second kappa shape index (κ2) is 6.72. The molecule has 0 spiro atoms. The first kappa shape index (κ1) is 16.5. The third-order valence-corrected chi connectivity index (χ3v) is 4.98. The van der Waals surface area contributed by atoms with E-state index in [2.05, 4.69) is 15.2 Å². The summed E-state index contributed by atoms with van der Waals surface area (Å²) < 4.78 is 13.4. The zero-order valence-corrected chi connectivity index (χ0v) is 14.2. The SMILES string of the molecule is O=C1C[C@@H](Sc2n[nH]c(-c3ccccc3)n2)C(=O)N1c1cccc(F)c1. The van der Waals surface area contributed by atoms with Crippen molar-refractivity contribution in [3.63, 3.8) is 0 Å². The van der Waals surface area contributed by atoms with Crippen molar-refractivity contribution in [2.24, 2.45) is 0 Å². The van der Waals surface area contributed by atoms with Gasteiger partial charge in [-0.3, -0.25) is 14.7 Å². The Labute approximate surface area is 152 Å². The molecule has 0 unspecified atom stereocenters. The van der Waals surface area contributed by atoms with E-state index >= 15 is 0 Å². The van der Waals surface area contributed by atoms with Crippen LogP contribution in [0.25, 0.3) is 11.4 Å². The molecule has 130 valence electrons. The van der Waals surface area contributed by atoms with Gasteiger partial charge in [0.2, 0.25) is 17.0 Å². The topological polar surface area (TPSA) is 79.0 Å². The molecule has 0 saturated carbocycles. The number of carbonyl (C=O) groups is 2. The molecule has 1 aliphatic rings. The van der Waals surface area contributed by atoms with Crippen molar-refractivity contribution in [3.8, 4) is 11.4 Å². The Hall–Kier alpha value is -3.00. The molecule has 1 aromatic heterocycles. The van der Waals surface area contributed by atoms with E-state index in [1.807, 2.05) is 30.3 Å². The van der Waals surface area contributed by atoms with Crippen LogP contribution in [0.15, 0.2) is 59.8 Å². The smallest absolute Gasteiger partial charge is 0.247 e. The van der Waals surface area contributed by atoms with Crippen LogP contribution in [-0.4, -0.2) is 32.2 Å². The standard InChI is InChI=1S/C18H13FN4O2S/c19-12-7-4-8-13(9-12)23-15(24)10-14(17(23)25)26-18-20-16(21-22-18)11-5-2-1-3-6-11/h1-9,14H,10H2,(H,20,21,22)/t14-/m1/s1. The molecule has 1 N–H and O–H groups in total. The maximum atomic E-state index is 13.4. The summed E-state index contributed by atoms with van der Waals surface area (Å²) in [5, 5.41) is 6.69. The van der Waals surface area contributed by atoms with Crippen molar-refractivity contribution in [1.29, 1.82) is 0 Å². The van der Waals surface area contributed by atoms with Gasteiger partial charge in [0.25, 0.3) is 0 Å². The van der Waals surface area contributed by atoms with Gasteiger partial charge in [-0.1, -0.05) is 48.2 Å². The summed E-state index contributed by atoms with van der Waals surface area (Å²) in [5.74, 6) is -0.666. The molecule has 0 radical (unpaired) electrons. The summed E-state index contributed by atoms with van der Waals surface area (Å²) in [6, 6.07) is 14.9. The molecule has 26 heavy (non-hydrogen) atoms. The largest absolute Gasteiger partial charge is 0.274 e. The minimum atomic E-state index is -0.634. The van der Waals surface area contributed by atoms with Crippen molar-refractivity contribution >= 4 is 29.3 Å². The number of halogens is 1. The summed E-state index contributed by atoms with van der Waals surface area (Å²) in [5.41, 5.74) is 1.12. The molecular weight excluding hydrogens is 355 g/mol. The van der Waals surface area contributed by atoms with Gasteiger partial charge in [-0.25, -0.2) is 14.3 Å². The quantitative estimate of drug-likeness (QED) is 0.716. The van der Waals surface area contributed by atoms with Crippen LogP contribution in [0, 0.1) is 5.82 Å². The Bertz CT molecular complexity index is 976. The van der Waals surface area contributed by atoms with E-state index in [9.17, 15) is 14.0 Å². The number of carbonyl (C=O) groups excluding carboxylic acids is 2. The summed E-state index contributed by atoms with van der Waals surface area (Å²) in [6.45, 7) is 0. The van der Waals surface area contributed by atoms with Crippen molar-refractivity contribution < 1.29 is 14.0 Å². The number of anilines is 1. The third kappa shape index (κ3) is 3.11. The number of imide groups is 1. The number of hydrogen-bond acceptors (Lipinski definition) is 5. The molecule has 0 aliphatic carbocycles. The molecule has 1 fully saturated rings. The van der Waals surface area contributed by atoms with E-state index in [0.29, 0.717) is 11.0 Å². The second-order valence-electron chi connectivity index (χ2n) is 5.69. The maximum absolute atomic E-state index is 13.4. The van der Waals surface area contributed by atoms with Crippen LogP contribution in [0.3, 0.4) is 0 Å². The number of aromatic nitrogens is 3. The van der Waals surface area contributed by atoms with Crippen LogP contribution in [0.2, 0.25) is 0 Å². The van der Waals surface area contributed by atoms with Crippen LogP contribution in [0.5, 0.6) is 0 Å². The number of hydrogen-bond donors (Lipinski definition) is 1. The molecule has 2 aromatic carbocycles. The average molecular weight is 368 g/mol. The van der Waals surface area contributed by atoms with Gasteiger partial charge in [0.1, 0.15) is 11.1 Å². The number of nitrogens with zero attached hydrogens (tertiary/aromatic N) is 3. The lowest BCUT2D eigenvalue weighted by molar-refractivity contribution is -0.121. The molecule has 8 heteroatoms. The van der Waals surface area contributed by atoms with Gasteiger partial charge in [-0.05, 0) is 18.2 Å². The van der Waals surface area contributed by atoms with Crippen LogP contribution >= 0.6 is 11.8 Å². The van der Waals surface area contributed by atoms with Gasteiger partial charge in [0.05, 0.1) is 5.69 Å². The number of rotatable bonds is 4. The highest BCUT2D eigenvalue weighted by atomic mass is 32.2. The fourth-order valence-electron chi connectivity index (χ4n) is 2.73. The van der Waals surface area contributed by atoms with Crippen molar-refractivity contribution in [2.45, 2.75) is 16.8 Å². The van der Waals surface area contributed by atoms with Gasteiger partial charge < -0.3 is 0 Å². The minimum absolute atomic E-state index is 0.0230. The Kier molecular flexibility index (Phi) is 4.26. The van der Waals surface area contributed by atoms with Crippen LogP contribution in [0.4, 0.5) is 10.1 Å². The van der Waals surface area contributed by atoms with Crippen LogP contribution in [-0.2, 0) is 9.59 Å². The molecular formula is C18H13FN4O2S. The number of aromatic amines is 1. The van der Waals surface area contributed by atoms with E-state index < -0.39 is 17.0 Å². The highest BCUT2D eigenvalue weighted by Crippen LogP contribution is 2.33. The first-order valence-electron chi connectivity index (χ1n) is 7.88. The monoisotopic (exact) mass is 368 g/mol. The molecule has 2 heterocycles. The summed E-state index contributed by atoms with van der Waals surface area (Å²) >= 11 is 1.12. The predicted octanol–water partition coefficient (Wildman–Crippen LogP) is 3.04. The molecule has 4 rings (SSSR count). The van der Waals surface area contributed by atoms with E-state index in [-0.39, 0.29) is 18.0 Å². The number of benzene rings is 2. The third-order valence-electron chi connectivity index (χ3n) is 3.93. The molecule has 1 saturated heterocycles. The van der Waals surface area contributed by atoms with Crippen molar-refractivity contribution in [1.82, 2.24) is 15.2 Å².